The second-order valence-corrected chi connectivity index (χ2v) is 10.6. The molecule has 5 atom stereocenters. The largest absolute Gasteiger partial charge is 0.462 e. The van der Waals surface area contributed by atoms with Crippen molar-refractivity contribution >= 4 is 47.2 Å². The minimum atomic E-state index is -1.50. The summed E-state index contributed by atoms with van der Waals surface area (Å²) in [6.07, 6.45) is -4.62. The molecule has 3 aromatic carbocycles. The van der Waals surface area contributed by atoms with Gasteiger partial charge in [0.05, 0.1) is 35.1 Å². The lowest BCUT2D eigenvalue weighted by molar-refractivity contribution is -0.194. The molecule has 0 spiro atoms. The van der Waals surface area contributed by atoms with Crippen molar-refractivity contribution in [2.24, 2.45) is 4.99 Å². The Hall–Kier alpha value is -5.69. The molecule has 1 aliphatic rings. The molecule has 260 valence electrons. The van der Waals surface area contributed by atoms with Crippen LogP contribution in [0.15, 0.2) is 108 Å². The maximum atomic E-state index is 13.5. The third-order valence-corrected chi connectivity index (χ3v) is 7.24. The zero-order valence-corrected chi connectivity index (χ0v) is 27.9. The van der Waals surface area contributed by atoms with Gasteiger partial charge in [-0.3, -0.25) is 0 Å². The molecular formula is C36H34N2O11S. The van der Waals surface area contributed by atoms with Crippen LogP contribution in [-0.2, 0) is 38.0 Å². The van der Waals surface area contributed by atoms with E-state index < -0.39 is 72.6 Å². The average Bonchev–Trinajstić information content (AvgIpc) is 3.14. The van der Waals surface area contributed by atoms with Crippen LogP contribution in [0, 0.1) is 0 Å². The van der Waals surface area contributed by atoms with Gasteiger partial charge in [-0.15, -0.1) is 0 Å². The van der Waals surface area contributed by atoms with Crippen molar-refractivity contribution in [3.05, 3.63) is 119 Å². The van der Waals surface area contributed by atoms with E-state index in [-0.39, 0.29) is 29.9 Å². The molecule has 0 amide bonds. The number of ether oxygens (including phenoxy) is 6. The van der Waals surface area contributed by atoms with Crippen LogP contribution in [0.5, 0.6) is 0 Å². The third kappa shape index (κ3) is 9.92. The van der Waals surface area contributed by atoms with E-state index in [1.54, 1.807) is 80.6 Å². The molecule has 3 aromatic rings. The van der Waals surface area contributed by atoms with Crippen molar-refractivity contribution < 1.29 is 52.4 Å². The predicted molar refractivity (Wildman–Crippen MR) is 180 cm³/mol. The number of aliphatic imine (C=N–C) groups is 1. The Kier molecular flexibility index (Phi) is 13.9. The van der Waals surface area contributed by atoms with Crippen LogP contribution >= 0.6 is 12.2 Å². The van der Waals surface area contributed by atoms with Crippen LogP contribution in [0.4, 0.5) is 0 Å². The van der Waals surface area contributed by atoms with Gasteiger partial charge in [0.25, 0.3) is 0 Å². The summed E-state index contributed by atoms with van der Waals surface area (Å²) in [5.74, 6) is -4.33. The number of thiocarbonyl (C=S) groups is 1. The van der Waals surface area contributed by atoms with Gasteiger partial charge in [-0.2, -0.15) is 0 Å². The molecule has 1 N–H and O–H groups in total. The van der Waals surface area contributed by atoms with Gasteiger partial charge in [0.1, 0.15) is 18.8 Å². The molecule has 1 fully saturated rings. The second-order valence-electron chi connectivity index (χ2n) is 10.4. The summed E-state index contributed by atoms with van der Waals surface area (Å²) in [5.41, 5.74) is 0.0448. The van der Waals surface area contributed by atoms with E-state index in [0.29, 0.717) is 0 Å². The summed E-state index contributed by atoms with van der Waals surface area (Å²) in [6.45, 7) is 2.58. The van der Waals surface area contributed by atoms with E-state index in [1.165, 1.54) is 24.3 Å². The molecule has 0 unspecified atom stereocenters. The summed E-state index contributed by atoms with van der Waals surface area (Å²) in [6, 6.07) is 22.9. The molecule has 0 aliphatic carbocycles. The van der Waals surface area contributed by atoms with E-state index in [4.69, 9.17) is 40.6 Å². The van der Waals surface area contributed by atoms with Crippen molar-refractivity contribution in [1.82, 2.24) is 5.32 Å². The van der Waals surface area contributed by atoms with Crippen LogP contribution < -0.4 is 5.32 Å². The van der Waals surface area contributed by atoms with Crippen LogP contribution in [-0.4, -0.2) is 85.4 Å². The number of carbonyl (C=O) groups is 5. The lowest BCUT2D eigenvalue weighted by Gasteiger charge is -2.43. The highest BCUT2D eigenvalue weighted by Crippen LogP contribution is 2.30. The smallest absolute Gasteiger partial charge is 0.347 e. The molecule has 1 aliphatic heterocycles. The van der Waals surface area contributed by atoms with Gasteiger partial charge in [0.2, 0.25) is 0 Å². The van der Waals surface area contributed by atoms with E-state index in [2.05, 4.69) is 15.5 Å². The van der Waals surface area contributed by atoms with E-state index in [0.717, 1.165) is 6.20 Å². The maximum Gasteiger partial charge on any atom is 0.347 e. The Morgan fingerprint density at radius 2 is 1.18 bits per heavy atom. The molecule has 50 heavy (non-hydrogen) atoms. The summed E-state index contributed by atoms with van der Waals surface area (Å²) < 4.78 is 33.7. The molecule has 0 radical (unpaired) electrons. The summed E-state index contributed by atoms with van der Waals surface area (Å²) in [4.78, 5) is 69.5. The predicted octanol–water partition coefficient (Wildman–Crippen LogP) is 4.09. The third-order valence-electron chi connectivity index (χ3n) is 7.14. The summed E-state index contributed by atoms with van der Waals surface area (Å²) in [7, 11) is 0. The van der Waals surface area contributed by atoms with Crippen molar-refractivity contribution in [3.63, 3.8) is 0 Å². The molecule has 4 rings (SSSR count). The van der Waals surface area contributed by atoms with Crippen molar-refractivity contribution in [3.8, 4) is 0 Å². The Balaban J connectivity index is 1.78. The van der Waals surface area contributed by atoms with E-state index in [1.807, 2.05) is 0 Å². The molecule has 13 nitrogen and oxygen atoms in total. The van der Waals surface area contributed by atoms with Crippen LogP contribution in [0.3, 0.4) is 0 Å². The Morgan fingerprint density at radius 1 is 0.720 bits per heavy atom. The van der Waals surface area contributed by atoms with Crippen LogP contribution in [0.2, 0.25) is 0 Å². The number of hydrogen-bond acceptors (Lipinski definition) is 14. The normalized spacial score (nSPS) is 19.4. The second kappa shape index (κ2) is 18.7. The van der Waals surface area contributed by atoms with Gasteiger partial charge in [-0.25, -0.2) is 29.0 Å². The van der Waals surface area contributed by atoms with Gasteiger partial charge in [-0.1, -0.05) is 54.6 Å². The van der Waals surface area contributed by atoms with Gasteiger partial charge in [0.15, 0.2) is 24.0 Å². The fraction of sp³-hybridized carbons (Fsp3) is 0.278. The highest BCUT2D eigenvalue weighted by molar-refractivity contribution is 7.78. The first-order valence-corrected chi connectivity index (χ1v) is 15.9. The summed E-state index contributed by atoms with van der Waals surface area (Å²) >= 11 is 4.93. The molecular weight excluding hydrogens is 668 g/mol. The van der Waals surface area contributed by atoms with E-state index >= 15 is 0 Å². The number of esters is 5. The molecule has 0 bridgehead atoms. The fourth-order valence-electron chi connectivity index (χ4n) is 4.81. The van der Waals surface area contributed by atoms with Crippen molar-refractivity contribution in [2.45, 2.75) is 44.4 Å². The lowest BCUT2D eigenvalue weighted by atomic mass is 9.95. The number of rotatable bonds is 14. The topological polar surface area (TPSA) is 165 Å². The van der Waals surface area contributed by atoms with Gasteiger partial charge in [0, 0.05) is 6.20 Å². The van der Waals surface area contributed by atoms with Crippen molar-refractivity contribution in [1.29, 1.82) is 0 Å². The van der Waals surface area contributed by atoms with Crippen molar-refractivity contribution in [2.75, 3.05) is 19.8 Å². The number of benzene rings is 3. The number of carbonyl (C=O) groups excluding carboxylic acids is 5. The number of nitrogens with one attached hydrogen (secondary N) is 1. The zero-order valence-electron chi connectivity index (χ0n) is 27.1. The maximum absolute atomic E-state index is 13.5. The Morgan fingerprint density at radius 3 is 1.64 bits per heavy atom. The molecule has 1 saturated heterocycles. The monoisotopic (exact) mass is 702 g/mol. The Labute approximate surface area is 293 Å². The zero-order chi connectivity index (χ0) is 35.9. The highest BCUT2D eigenvalue weighted by Gasteiger charge is 2.51. The Bertz CT molecular complexity index is 1690. The molecule has 1 heterocycles. The lowest BCUT2D eigenvalue weighted by Crippen LogP contribution is -2.63. The molecule has 0 aromatic heterocycles. The number of isothiocyanates is 1. The van der Waals surface area contributed by atoms with E-state index in [9.17, 15) is 24.0 Å². The minimum absolute atomic E-state index is 0.0452. The number of nitrogens with zero attached hydrogens (tertiary/aromatic N) is 1. The average molecular weight is 703 g/mol. The fourth-order valence-corrected chi connectivity index (χ4v) is 4.93. The SMILES string of the molecule is CCOC(=O)C(=CN[C@@H]1O[C@H](COC(=O)c2ccccc2)[C@@H](N=C=S)[C@H](OC(=O)c2ccccc2)[C@H]1OC(=O)c1ccccc1)C(=O)OCC. The highest BCUT2D eigenvalue weighted by atomic mass is 32.1. The quantitative estimate of drug-likeness (QED) is 0.0486. The standard InChI is InChI=1S/C36H34N2O11S/c1-3-44-35(42)26(36(43)45-4-2)20-37-31-30(49-34(41)25-18-12-7-13-19-25)29(48-33(40)24-16-10-6-11-17-24)28(38-22-50)27(47-31)21-46-32(39)23-14-8-5-9-15-23/h5-20,27-31,37H,3-4,21H2,1-2H3/t27-,28-,29+,30-,31-/m1/s1. The first kappa shape index (κ1) is 37.1. The van der Waals surface area contributed by atoms with Crippen LogP contribution in [0.25, 0.3) is 0 Å². The van der Waals surface area contributed by atoms with Gasteiger partial charge in [-0.05, 0) is 62.5 Å². The van der Waals surface area contributed by atoms with Gasteiger partial charge >= 0.3 is 29.8 Å². The molecule has 0 saturated carbocycles. The van der Waals surface area contributed by atoms with Gasteiger partial charge < -0.3 is 33.7 Å². The first-order valence-electron chi connectivity index (χ1n) is 15.5. The van der Waals surface area contributed by atoms with Crippen LogP contribution in [0.1, 0.15) is 44.9 Å². The summed E-state index contributed by atoms with van der Waals surface area (Å²) in [5, 5.41) is 5.04. The number of hydrogen-bond donors (Lipinski definition) is 1. The molecule has 14 heteroatoms. The minimum Gasteiger partial charge on any atom is -0.462 e. The first-order chi connectivity index (χ1) is 24.3.